The molecule has 1 saturated carbocycles. The number of phenols is 1. The van der Waals surface area contributed by atoms with Gasteiger partial charge in [0.25, 0.3) is 5.91 Å². The summed E-state index contributed by atoms with van der Waals surface area (Å²) in [7, 11) is 1.43. The summed E-state index contributed by atoms with van der Waals surface area (Å²) in [4.78, 5) is 12.1. The molecule has 0 heterocycles. The number of phenolic OH excluding ortho intramolecular Hbond substituents is 1. The van der Waals surface area contributed by atoms with Gasteiger partial charge >= 0.3 is 0 Å². The van der Waals surface area contributed by atoms with Crippen molar-refractivity contribution in [3.63, 3.8) is 0 Å². The van der Waals surface area contributed by atoms with Gasteiger partial charge in [-0.15, -0.1) is 0 Å². The SMILES string of the molecule is COc1cccc(C(=O)NCC2(O)CCCCC2)c1O. The predicted molar refractivity (Wildman–Crippen MR) is 75.0 cm³/mol. The number of aromatic hydroxyl groups is 1. The fraction of sp³-hybridized carbons (Fsp3) is 0.533. The standard InChI is InChI=1S/C15H21NO4/c1-20-12-7-5-6-11(13(12)17)14(18)16-10-15(19)8-3-2-4-9-15/h5-7,17,19H,2-4,8-10H2,1H3,(H,16,18). The van der Waals surface area contributed by atoms with Crippen LogP contribution in [0.25, 0.3) is 0 Å². The smallest absolute Gasteiger partial charge is 0.255 e. The highest BCUT2D eigenvalue weighted by Crippen LogP contribution is 2.30. The molecule has 2 rings (SSSR count). The van der Waals surface area contributed by atoms with E-state index in [9.17, 15) is 15.0 Å². The second-order valence-electron chi connectivity index (χ2n) is 5.32. The van der Waals surface area contributed by atoms with E-state index in [4.69, 9.17) is 4.74 Å². The molecule has 0 aromatic heterocycles. The highest BCUT2D eigenvalue weighted by molar-refractivity contribution is 5.97. The Morgan fingerprint density at radius 1 is 1.35 bits per heavy atom. The van der Waals surface area contributed by atoms with Gasteiger partial charge in [-0.3, -0.25) is 4.79 Å². The number of carbonyl (C=O) groups is 1. The normalized spacial score (nSPS) is 17.5. The molecular formula is C15H21NO4. The average molecular weight is 279 g/mol. The summed E-state index contributed by atoms with van der Waals surface area (Å²) in [5, 5.41) is 22.9. The molecule has 0 bridgehead atoms. The van der Waals surface area contributed by atoms with Crippen molar-refractivity contribution in [2.75, 3.05) is 13.7 Å². The number of nitrogens with one attached hydrogen (secondary N) is 1. The minimum atomic E-state index is -0.817. The Balaban J connectivity index is 2.01. The lowest BCUT2D eigenvalue weighted by atomic mass is 9.85. The van der Waals surface area contributed by atoms with Crippen molar-refractivity contribution >= 4 is 5.91 Å². The Morgan fingerprint density at radius 3 is 2.70 bits per heavy atom. The number of para-hydroxylation sites is 1. The van der Waals surface area contributed by atoms with Crippen LogP contribution >= 0.6 is 0 Å². The Morgan fingerprint density at radius 2 is 2.05 bits per heavy atom. The number of rotatable bonds is 4. The van der Waals surface area contributed by atoms with Gasteiger partial charge in [-0.1, -0.05) is 25.3 Å². The van der Waals surface area contributed by atoms with Crippen LogP contribution in [0.15, 0.2) is 18.2 Å². The summed E-state index contributed by atoms with van der Waals surface area (Å²) in [6.45, 7) is 0.211. The van der Waals surface area contributed by atoms with E-state index < -0.39 is 11.5 Å². The van der Waals surface area contributed by atoms with Crippen LogP contribution in [0.5, 0.6) is 11.5 Å². The number of amides is 1. The fourth-order valence-corrected chi connectivity index (χ4v) is 2.60. The van der Waals surface area contributed by atoms with E-state index in [1.807, 2.05) is 0 Å². The molecule has 0 radical (unpaired) electrons. The second kappa shape index (κ2) is 6.13. The zero-order valence-corrected chi connectivity index (χ0v) is 11.7. The summed E-state index contributed by atoms with van der Waals surface area (Å²) in [6.07, 6.45) is 4.51. The molecule has 110 valence electrons. The largest absolute Gasteiger partial charge is 0.504 e. The van der Waals surface area contributed by atoms with E-state index >= 15 is 0 Å². The Labute approximate surface area is 118 Å². The third kappa shape index (κ3) is 3.22. The van der Waals surface area contributed by atoms with E-state index in [0.717, 1.165) is 19.3 Å². The first-order chi connectivity index (χ1) is 9.56. The second-order valence-corrected chi connectivity index (χ2v) is 5.32. The molecule has 0 unspecified atom stereocenters. The van der Waals surface area contributed by atoms with Crippen molar-refractivity contribution in [2.45, 2.75) is 37.7 Å². The van der Waals surface area contributed by atoms with Crippen molar-refractivity contribution in [1.82, 2.24) is 5.32 Å². The molecule has 1 aliphatic carbocycles. The topological polar surface area (TPSA) is 78.8 Å². The third-order valence-corrected chi connectivity index (χ3v) is 3.83. The number of hydrogen-bond donors (Lipinski definition) is 3. The minimum absolute atomic E-state index is 0.156. The number of hydrogen-bond acceptors (Lipinski definition) is 4. The Kier molecular flexibility index (Phi) is 4.49. The lowest BCUT2D eigenvalue weighted by Gasteiger charge is -2.32. The van der Waals surface area contributed by atoms with Gasteiger partial charge in [0.15, 0.2) is 11.5 Å². The lowest BCUT2D eigenvalue weighted by Crippen LogP contribution is -2.44. The van der Waals surface area contributed by atoms with Crippen LogP contribution in [-0.2, 0) is 0 Å². The van der Waals surface area contributed by atoms with Gasteiger partial charge in [0, 0.05) is 6.54 Å². The van der Waals surface area contributed by atoms with Crippen LogP contribution < -0.4 is 10.1 Å². The van der Waals surface area contributed by atoms with Crippen molar-refractivity contribution < 1.29 is 19.7 Å². The maximum atomic E-state index is 12.1. The van der Waals surface area contributed by atoms with Crippen LogP contribution in [0.4, 0.5) is 0 Å². The lowest BCUT2D eigenvalue weighted by molar-refractivity contribution is 0.00522. The molecule has 0 atom stereocenters. The van der Waals surface area contributed by atoms with E-state index in [0.29, 0.717) is 12.8 Å². The minimum Gasteiger partial charge on any atom is -0.504 e. The number of methoxy groups -OCH3 is 1. The zero-order chi connectivity index (χ0) is 14.6. The molecule has 3 N–H and O–H groups in total. The van der Waals surface area contributed by atoms with Gasteiger partial charge in [-0.05, 0) is 25.0 Å². The van der Waals surface area contributed by atoms with Crippen LogP contribution in [0.3, 0.4) is 0 Å². The molecule has 0 aliphatic heterocycles. The van der Waals surface area contributed by atoms with E-state index in [2.05, 4.69) is 5.32 Å². The first kappa shape index (κ1) is 14.7. The monoisotopic (exact) mass is 279 g/mol. The van der Waals surface area contributed by atoms with Gasteiger partial charge in [0.1, 0.15) is 0 Å². The molecule has 1 aliphatic rings. The van der Waals surface area contributed by atoms with Gasteiger partial charge < -0.3 is 20.3 Å². The van der Waals surface area contributed by atoms with Crippen LogP contribution in [-0.4, -0.2) is 35.4 Å². The number of benzene rings is 1. The molecule has 0 saturated heterocycles. The molecule has 1 aromatic rings. The molecule has 5 heteroatoms. The van der Waals surface area contributed by atoms with Crippen molar-refractivity contribution in [2.24, 2.45) is 0 Å². The van der Waals surface area contributed by atoms with Gasteiger partial charge in [-0.2, -0.15) is 0 Å². The summed E-state index contributed by atoms with van der Waals surface area (Å²) in [6, 6.07) is 4.75. The highest BCUT2D eigenvalue weighted by atomic mass is 16.5. The first-order valence-corrected chi connectivity index (χ1v) is 6.92. The summed E-state index contributed by atoms with van der Waals surface area (Å²) < 4.78 is 4.97. The molecule has 1 amide bonds. The molecule has 1 fully saturated rings. The summed E-state index contributed by atoms with van der Waals surface area (Å²) in [5.41, 5.74) is -0.661. The molecular weight excluding hydrogens is 258 g/mol. The van der Waals surface area contributed by atoms with E-state index in [1.54, 1.807) is 12.1 Å². The summed E-state index contributed by atoms with van der Waals surface area (Å²) in [5.74, 6) is -0.322. The van der Waals surface area contributed by atoms with Crippen molar-refractivity contribution in [3.8, 4) is 11.5 Å². The van der Waals surface area contributed by atoms with Gasteiger partial charge in [0.05, 0.1) is 18.3 Å². The maximum Gasteiger partial charge on any atom is 0.255 e. The molecule has 20 heavy (non-hydrogen) atoms. The molecule has 1 aromatic carbocycles. The Bertz CT molecular complexity index is 481. The molecule has 5 nitrogen and oxygen atoms in total. The zero-order valence-electron chi connectivity index (χ0n) is 11.7. The Hall–Kier alpha value is -1.75. The quantitative estimate of drug-likeness (QED) is 0.785. The van der Waals surface area contributed by atoms with Crippen molar-refractivity contribution in [3.05, 3.63) is 23.8 Å². The number of ether oxygens (including phenoxy) is 1. The van der Waals surface area contributed by atoms with Crippen molar-refractivity contribution in [1.29, 1.82) is 0 Å². The van der Waals surface area contributed by atoms with Gasteiger partial charge in [-0.25, -0.2) is 0 Å². The molecule has 0 spiro atoms. The fourth-order valence-electron chi connectivity index (χ4n) is 2.60. The highest BCUT2D eigenvalue weighted by Gasteiger charge is 2.29. The van der Waals surface area contributed by atoms with E-state index in [1.165, 1.54) is 13.2 Å². The van der Waals surface area contributed by atoms with Crippen LogP contribution in [0.1, 0.15) is 42.5 Å². The maximum absolute atomic E-state index is 12.1. The van der Waals surface area contributed by atoms with Crippen LogP contribution in [0, 0.1) is 0 Å². The number of carbonyl (C=O) groups excluding carboxylic acids is 1. The third-order valence-electron chi connectivity index (χ3n) is 3.83. The number of aliphatic hydroxyl groups is 1. The average Bonchev–Trinajstić information content (AvgIpc) is 2.46. The first-order valence-electron chi connectivity index (χ1n) is 6.92. The van der Waals surface area contributed by atoms with Crippen LogP contribution in [0.2, 0.25) is 0 Å². The van der Waals surface area contributed by atoms with Gasteiger partial charge in [0.2, 0.25) is 0 Å². The van der Waals surface area contributed by atoms with E-state index in [-0.39, 0.29) is 23.6 Å². The predicted octanol–water partition coefficient (Wildman–Crippen LogP) is 1.83. The summed E-state index contributed by atoms with van der Waals surface area (Å²) >= 11 is 0.